The van der Waals surface area contributed by atoms with E-state index < -0.39 is 0 Å². The Labute approximate surface area is 98.2 Å². The summed E-state index contributed by atoms with van der Waals surface area (Å²) in [6, 6.07) is 0.194. The van der Waals surface area contributed by atoms with Crippen molar-refractivity contribution in [2.75, 3.05) is 5.75 Å². The van der Waals surface area contributed by atoms with E-state index in [4.69, 9.17) is 5.73 Å². The molecule has 86 valence electrons. The molecule has 1 aliphatic rings. The van der Waals surface area contributed by atoms with Crippen LogP contribution in [-0.4, -0.2) is 33.7 Å². The normalized spacial score (nSPS) is 17.0. The Morgan fingerprint density at radius 2 is 2.44 bits per heavy atom. The van der Waals surface area contributed by atoms with Gasteiger partial charge in [-0.15, -0.1) is 11.8 Å². The molecule has 6 heteroatoms. The molecule has 1 aliphatic carbocycles. The molecule has 0 bridgehead atoms. The molecule has 0 aromatic carbocycles. The summed E-state index contributed by atoms with van der Waals surface area (Å²) in [6.07, 6.45) is 7.22. The summed E-state index contributed by atoms with van der Waals surface area (Å²) < 4.78 is 0. The molecule has 1 saturated carbocycles. The van der Waals surface area contributed by atoms with Gasteiger partial charge >= 0.3 is 0 Å². The Morgan fingerprint density at radius 1 is 1.62 bits per heavy atom. The van der Waals surface area contributed by atoms with E-state index in [0.29, 0.717) is 11.8 Å². The summed E-state index contributed by atoms with van der Waals surface area (Å²) in [6.45, 7) is 0. The van der Waals surface area contributed by atoms with Gasteiger partial charge in [-0.25, -0.2) is 4.98 Å². The third kappa shape index (κ3) is 3.46. The Bertz CT molecular complexity index is 355. The maximum Gasteiger partial charge on any atom is 0.235 e. The number of nitrogens with one attached hydrogen (secondary N) is 1. The van der Waals surface area contributed by atoms with Crippen LogP contribution in [0.2, 0.25) is 0 Å². The average molecular weight is 238 g/mol. The summed E-state index contributed by atoms with van der Waals surface area (Å²) in [5.41, 5.74) is 5.33. The fraction of sp³-hybridized carbons (Fsp3) is 0.500. The molecule has 1 unspecified atom stereocenters. The quantitative estimate of drug-likeness (QED) is 0.691. The van der Waals surface area contributed by atoms with Crippen molar-refractivity contribution in [3.05, 3.63) is 18.6 Å². The predicted octanol–water partition coefficient (Wildman–Crippen LogP) is 0.175. The minimum atomic E-state index is -0.303. The lowest BCUT2D eigenvalue weighted by molar-refractivity contribution is -0.119. The van der Waals surface area contributed by atoms with Crippen LogP contribution in [0.4, 0.5) is 0 Å². The highest BCUT2D eigenvalue weighted by Gasteiger charge is 2.27. The van der Waals surface area contributed by atoms with Crippen LogP contribution in [0.3, 0.4) is 0 Å². The summed E-state index contributed by atoms with van der Waals surface area (Å²) in [7, 11) is 0. The van der Waals surface area contributed by atoms with Gasteiger partial charge in [0.25, 0.3) is 0 Å². The first-order valence-corrected chi connectivity index (χ1v) is 6.18. The lowest BCUT2D eigenvalue weighted by Gasteiger charge is -2.13. The van der Waals surface area contributed by atoms with E-state index in [1.54, 1.807) is 18.6 Å². The van der Waals surface area contributed by atoms with E-state index in [0.717, 1.165) is 17.9 Å². The van der Waals surface area contributed by atoms with Gasteiger partial charge in [-0.2, -0.15) is 0 Å². The fourth-order valence-electron chi connectivity index (χ4n) is 1.28. The first-order chi connectivity index (χ1) is 7.75. The van der Waals surface area contributed by atoms with Gasteiger partial charge in [0.1, 0.15) is 5.03 Å². The van der Waals surface area contributed by atoms with Crippen LogP contribution in [0.15, 0.2) is 23.6 Å². The molecule has 2 rings (SSSR count). The average Bonchev–Trinajstić information content (AvgIpc) is 3.09. The van der Waals surface area contributed by atoms with Gasteiger partial charge in [-0.1, -0.05) is 0 Å². The predicted molar refractivity (Wildman–Crippen MR) is 61.9 cm³/mol. The van der Waals surface area contributed by atoms with Gasteiger partial charge < -0.3 is 11.1 Å². The number of carbonyl (C=O) groups is 1. The molecule has 1 aromatic rings. The zero-order valence-electron chi connectivity index (χ0n) is 8.80. The van der Waals surface area contributed by atoms with E-state index >= 15 is 0 Å². The fourth-order valence-corrected chi connectivity index (χ4v) is 2.14. The third-order valence-electron chi connectivity index (χ3n) is 2.30. The molecular weight excluding hydrogens is 224 g/mol. The second kappa shape index (κ2) is 5.27. The van der Waals surface area contributed by atoms with Crippen molar-refractivity contribution < 1.29 is 4.79 Å². The molecule has 3 N–H and O–H groups in total. The van der Waals surface area contributed by atoms with Crippen molar-refractivity contribution >= 4 is 17.7 Å². The first kappa shape index (κ1) is 11.3. The van der Waals surface area contributed by atoms with Crippen LogP contribution >= 0.6 is 11.8 Å². The van der Waals surface area contributed by atoms with Crippen LogP contribution < -0.4 is 11.1 Å². The lowest BCUT2D eigenvalue weighted by Crippen LogP contribution is -2.44. The number of primary amides is 1. The third-order valence-corrected chi connectivity index (χ3v) is 3.30. The van der Waals surface area contributed by atoms with Crippen LogP contribution in [0, 0.1) is 0 Å². The molecule has 1 amide bonds. The highest BCUT2D eigenvalue weighted by atomic mass is 32.2. The highest BCUT2D eigenvalue weighted by Crippen LogP contribution is 2.21. The van der Waals surface area contributed by atoms with E-state index in [9.17, 15) is 4.79 Å². The summed E-state index contributed by atoms with van der Waals surface area (Å²) in [4.78, 5) is 19.3. The van der Waals surface area contributed by atoms with Crippen LogP contribution in [0.1, 0.15) is 12.8 Å². The standard InChI is InChI=1S/C10H14N4OS/c11-10(15)8(14-7-1-2-7)6-16-9-5-12-3-4-13-9/h3-5,7-8,14H,1-2,6H2,(H2,11,15). The van der Waals surface area contributed by atoms with Crippen molar-refractivity contribution in [3.63, 3.8) is 0 Å². The molecule has 5 nitrogen and oxygen atoms in total. The maximum atomic E-state index is 11.2. The minimum Gasteiger partial charge on any atom is -0.368 e. The van der Waals surface area contributed by atoms with E-state index in [2.05, 4.69) is 15.3 Å². The topological polar surface area (TPSA) is 80.9 Å². The summed E-state index contributed by atoms with van der Waals surface area (Å²) >= 11 is 1.49. The van der Waals surface area contributed by atoms with Gasteiger partial charge in [-0.05, 0) is 12.8 Å². The zero-order valence-corrected chi connectivity index (χ0v) is 9.61. The summed E-state index contributed by atoms with van der Waals surface area (Å²) in [5, 5.41) is 4.03. The Balaban J connectivity index is 1.83. The van der Waals surface area contributed by atoms with Crippen molar-refractivity contribution in [2.24, 2.45) is 5.73 Å². The number of nitrogens with two attached hydrogens (primary N) is 1. The Hall–Kier alpha value is -1.14. The number of nitrogens with zero attached hydrogens (tertiary/aromatic N) is 2. The van der Waals surface area contributed by atoms with Crippen LogP contribution in [-0.2, 0) is 4.79 Å². The van der Waals surface area contributed by atoms with Gasteiger partial charge in [0.2, 0.25) is 5.91 Å². The van der Waals surface area contributed by atoms with Gasteiger partial charge in [-0.3, -0.25) is 9.78 Å². The number of carbonyl (C=O) groups excluding carboxylic acids is 1. The molecule has 0 aliphatic heterocycles. The second-order valence-corrected chi connectivity index (χ2v) is 4.79. The zero-order chi connectivity index (χ0) is 11.4. The summed E-state index contributed by atoms with van der Waals surface area (Å²) in [5.74, 6) is 0.299. The van der Waals surface area contributed by atoms with Crippen LogP contribution in [0.5, 0.6) is 0 Å². The number of hydrogen-bond donors (Lipinski definition) is 2. The van der Waals surface area contributed by atoms with E-state index in [1.165, 1.54) is 11.8 Å². The number of hydrogen-bond acceptors (Lipinski definition) is 5. The Morgan fingerprint density at radius 3 is 3.00 bits per heavy atom. The van der Waals surface area contributed by atoms with Gasteiger partial charge in [0.05, 0.1) is 12.2 Å². The molecule has 1 heterocycles. The second-order valence-electron chi connectivity index (χ2n) is 3.75. The van der Waals surface area contributed by atoms with Gasteiger partial charge in [0, 0.05) is 24.2 Å². The number of rotatable bonds is 6. The van der Waals surface area contributed by atoms with Crippen molar-refractivity contribution in [1.29, 1.82) is 0 Å². The maximum absolute atomic E-state index is 11.2. The molecule has 1 fully saturated rings. The molecule has 0 saturated heterocycles. The number of thioether (sulfide) groups is 1. The SMILES string of the molecule is NC(=O)C(CSc1cnccn1)NC1CC1. The van der Waals surface area contributed by atoms with Crippen molar-refractivity contribution in [3.8, 4) is 0 Å². The first-order valence-electron chi connectivity index (χ1n) is 5.20. The molecule has 0 spiro atoms. The van der Waals surface area contributed by atoms with Crippen molar-refractivity contribution in [1.82, 2.24) is 15.3 Å². The lowest BCUT2D eigenvalue weighted by atomic mass is 10.3. The monoisotopic (exact) mass is 238 g/mol. The number of aromatic nitrogens is 2. The minimum absolute atomic E-state index is 0.278. The Kier molecular flexibility index (Phi) is 3.74. The van der Waals surface area contributed by atoms with Crippen LogP contribution in [0.25, 0.3) is 0 Å². The smallest absolute Gasteiger partial charge is 0.235 e. The van der Waals surface area contributed by atoms with E-state index in [-0.39, 0.29) is 11.9 Å². The van der Waals surface area contributed by atoms with Gasteiger partial charge in [0.15, 0.2) is 0 Å². The number of amides is 1. The van der Waals surface area contributed by atoms with Crippen molar-refractivity contribution in [2.45, 2.75) is 30.0 Å². The molecule has 1 aromatic heterocycles. The molecular formula is C10H14N4OS. The molecule has 0 radical (unpaired) electrons. The molecule has 1 atom stereocenters. The molecule has 16 heavy (non-hydrogen) atoms. The highest BCUT2D eigenvalue weighted by molar-refractivity contribution is 7.99. The van der Waals surface area contributed by atoms with E-state index in [1.807, 2.05) is 0 Å². The largest absolute Gasteiger partial charge is 0.368 e.